The summed E-state index contributed by atoms with van der Waals surface area (Å²) in [6.45, 7) is 4.42. The minimum atomic E-state index is 0.104. The van der Waals surface area contributed by atoms with E-state index in [1.54, 1.807) is 19.2 Å². The van der Waals surface area contributed by atoms with Gasteiger partial charge >= 0.3 is 0 Å². The number of hydrogen-bond donors (Lipinski definition) is 1. The molecule has 0 radical (unpaired) electrons. The highest BCUT2D eigenvalue weighted by Gasteiger charge is 2.22. The molecule has 1 N–H and O–H groups in total. The van der Waals surface area contributed by atoms with Crippen LogP contribution in [0.15, 0.2) is 24.3 Å². The number of halogens is 1. The maximum atomic E-state index is 12.8. The number of aromatic nitrogens is 1. The number of anilines is 1. The Kier molecular flexibility index (Phi) is 5.92. The van der Waals surface area contributed by atoms with Gasteiger partial charge in [0.15, 0.2) is 5.78 Å². The second-order valence-corrected chi connectivity index (χ2v) is 7.48. The van der Waals surface area contributed by atoms with Gasteiger partial charge in [0.25, 0.3) is 0 Å². The Labute approximate surface area is 160 Å². The van der Waals surface area contributed by atoms with Gasteiger partial charge in [0.1, 0.15) is 5.75 Å². The molecular weight excluding hydrogens is 348 g/mol. The molecule has 1 aliphatic rings. The van der Waals surface area contributed by atoms with Crippen LogP contribution in [0.2, 0.25) is 5.02 Å². The Morgan fingerprint density at radius 3 is 2.62 bits per heavy atom. The minimum absolute atomic E-state index is 0.104. The van der Waals surface area contributed by atoms with Crippen molar-refractivity contribution in [3.63, 3.8) is 0 Å². The lowest BCUT2D eigenvalue weighted by Gasteiger charge is -2.26. The van der Waals surface area contributed by atoms with Gasteiger partial charge in [-0.05, 0) is 51.0 Å². The summed E-state index contributed by atoms with van der Waals surface area (Å²) in [4.78, 5) is 12.8. The molecule has 1 fully saturated rings. The van der Waals surface area contributed by atoms with Gasteiger partial charge in [0.2, 0.25) is 0 Å². The van der Waals surface area contributed by atoms with Crippen molar-refractivity contribution in [1.29, 1.82) is 0 Å². The number of Topliss-reactive ketones (excluding diaryl/α,β-unsaturated/α-hetero) is 1. The molecule has 0 bridgehead atoms. The largest absolute Gasteiger partial charge is 0.495 e. The molecule has 0 spiro atoms. The van der Waals surface area contributed by atoms with Gasteiger partial charge in [-0.3, -0.25) is 4.79 Å². The number of nitrogens with zero attached hydrogens (tertiary/aromatic N) is 1. The summed E-state index contributed by atoms with van der Waals surface area (Å²) in [5.74, 6) is 0.728. The van der Waals surface area contributed by atoms with E-state index < -0.39 is 0 Å². The van der Waals surface area contributed by atoms with Crippen LogP contribution in [0.3, 0.4) is 0 Å². The molecule has 1 saturated carbocycles. The monoisotopic (exact) mass is 374 g/mol. The van der Waals surface area contributed by atoms with Crippen LogP contribution in [0.1, 0.15) is 59.9 Å². The second kappa shape index (κ2) is 8.17. The summed E-state index contributed by atoms with van der Waals surface area (Å²) < 4.78 is 7.53. The smallest absolute Gasteiger partial charge is 0.183 e. The normalized spacial score (nSPS) is 15.1. The van der Waals surface area contributed by atoms with Crippen molar-refractivity contribution in [3.8, 4) is 5.75 Å². The van der Waals surface area contributed by atoms with Crippen molar-refractivity contribution in [2.75, 3.05) is 19.0 Å². The zero-order chi connectivity index (χ0) is 18.7. The fourth-order valence-electron chi connectivity index (χ4n) is 4.01. The molecule has 0 atom stereocenters. The van der Waals surface area contributed by atoms with Gasteiger partial charge in [-0.25, -0.2) is 0 Å². The molecule has 5 heteroatoms. The summed E-state index contributed by atoms with van der Waals surface area (Å²) in [6.07, 6.45) is 6.32. The van der Waals surface area contributed by atoms with Gasteiger partial charge in [0.05, 0.1) is 18.7 Å². The summed E-state index contributed by atoms with van der Waals surface area (Å²) in [5.41, 5.74) is 3.91. The highest BCUT2D eigenvalue weighted by molar-refractivity contribution is 6.32. The molecule has 0 aliphatic heterocycles. The van der Waals surface area contributed by atoms with E-state index in [0.29, 0.717) is 16.8 Å². The Hall–Kier alpha value is -1.94. The van der Waals surface area contributed by atoms with Gasteiger partial charge in [-0.2, -0.15) is 0 Å². The summed E-state index contributed by atoms with van der Waals surface area (Å²) in [7, 11) is 1.58. The second-order valence-electron chi connectivity index (χ2n) is 7.07. The maximum Gasteiger partial charge on any atom is 0.183 e. The van der Waals surface area contributed by atoms with Gasteiger partial charge < -0.3 is 14.6 Å². The number of aryl methyl sites for hydroxylation is 1. The number of carbonyl (C=O) groups excluding carboxylic acids is 1. The SMILES string of the molecule is COc1ccc(NCC(=O)c2cc(C)n(C3CCCCC3)c2C)cc1Cl. The van der Waals surface area contributed by atoms with E-state index >= 15 is 0 Å². The molecule has 0 saturated heterocycles. The van der Waals surface area contributed by atoms with E-state index in [1.807, 2.05) is 12.1 Å². The average molecular weight is 375 g/mol. The number of hydrogen-bond acceptors (Lipinski definition) is 3. The molecule has 4 nitrogen and oxygen atoms in total. The van der Waals surface area contributed by atoms with Gasteiger partial charge in [0, 0.05) is 28.7 Å². The Bertz CT molecular complexity index is 792. The lowest BCUT2D eigenvalue weighted by molar-refractivity contribution is 0.101. The summed E-state index contributed by atoms with van der Waals surface area (Å²) in [5, 5.41) is 3.70. The minimum Gasteiger partial charge on any atom is -0.495 e. The number of ketones is 1. The number of ether oxygens (including phenoxy) is 1. The van der Waals surface area contributed by atoms with E-state index in [0.717, 1.165) is 16.9 Å². The number of benzene rings is 1. The van der Waals surface area contributed by atoms with Crippen LogP contribution < -0.4 is 10.1 Å². The highest BCUT2D eigenvalue weighted by atomic mass is 35.5. The van der Waals surface area contributed by atoms with Crippen LogP contribution in [0.4, 0.5) is 5.69 Å². The fourth-order valence-corrected chi connectivity index (χ4v) is 4.27. The fraction of sp³-hybridized carbons (Fsp3) is 0.476. The third kappa shape index (κ3) is 3.90. The van der Waals surface area contributed by atoms with E-state index in [1.165, 1.54) is 37.8 Å². The molecule has 3 rings (SSSR count). The number of nitrogens with one attached hydrogen (secondary N) is 1. The van der Waals surface area contributed by atoms with Crippen LogP contribution in [0.5, 0.6) is 5.75 Å². The van der Waals surface area contributed by atoms with Crippen molar-refractivity contribution in [3.05, 3.63) is 46.2 Å². The first-order valence-electron chi connectivity index (χ1n) is 9.30. The molecule has 0 amide bonds. The van der Waals surface area contributed by atoms with Crippen LogP contribution >= 0.6 is 11.6 Å². The van der Waals surface area contributed by atoms with Crippen molar-refractivity contribution in [1.82, 2.24) is 4.57 Å². The quantitative estimate of drug-likeness (QED) is 0.672. The van der Waals surface area contributed by atoms with Crippen molar-refractivity contribution in [2.45, 2.75) is 52.0 Å². The number of methoxy groups -OCH3 is 1. The summed E-state index contributed by atoms with van der Waals surface area (Å²) >= 11 is 6.14. The highest BCUT2D eigenvalue weighted by Crippen LogP contribution is 2.32. The van der Waals surface area contributed by atoms with E-state index in [4.69, 9.17) is 16.3 Å². The molecule has 26 heavy (non-hydrogen) atoms. The standard InChI is InChI=1S/C21H27ClN2O2/c1-14-11-18(15(2)24(14)17-7-5-4-6-8-17)20(25)13-23-16-9-10-21(26-3)19(22)12-16/h9-12,17,23H,4-8,13H2,1-3H3. The number of rotatable bonds is 6. The Morgan fingerprint density at radius 2 is 1.96 bits per heavy atom. The lowest BCUT2D eigenvalue weighted by atomic mass is 9.95. The molecule has 1 aliphatic carbocycles. The molecule has 140 valence electrons. The number of carbonyl (C=O) groups is 1. The zero-order valence-electron chi connectivity index (χ0n) is 15.8. The molecule has 2 aromatic rings. The van der Waals surface area contributed by atoms with Crippen LogP contribution in [0, 0.1) is 13.8 Å². The molecule has 1 aromatic carbocycles. The average Bonchev–Trinajstić information content (AvgIpc) is 2.95. The topological polar surface area (TPSA) is 43.3 Å². The van der Waals surface area contributed by atoms with E-state index in [2.05, 4.69) is 23.7 Å². The van der Waals surface area contributed by atoms with Gasteiger partial charge in [-0.1, -0.05) is 30.9 Å². The first kappa shape index (κ1) is 18.8. The van der Waals surface area contributed by atoms with Crippen molar-refractivity contribution < 1.29 is 9.53 Å². The first-order valence-corrected chi connectivity index (χ1v) is 9.68. The zero-order valence-corrected chi connectivity index (χ0v) is 16.5. The van der Waals surface area contributed by atoms with Crippen LogP contribution in [-0.4, -0.2) is 24.0 Å². The molecule has 1 aromatic heterocycles. The summed E-state index contributed by atoms with van der Waals surface area (Å²) in [6, 6.07) is 8.01. The lowest BCUT2D eigenvalue weighted by Crippen LogP contribution is -2.17. The van der Waals surface area contributed by atoms with Crippen LogP contribution in [0.25, 0.3) is 0 Å². The molecular formula is C21H27ClN2O2. The maximum absolute atomic E-state index is 12.8. The predicted octanol–water partition coefficient (Wildman–Crippen LogP) is 5.57. The predicted molar refractivity (Wildman–Crippen MR) is 107 cm³/mol. The van der Waals surface area contributed by atoms with E-state index in [9.17, 15) is 4.79 Å². The van der Waals surface area contributed by atoms with Crippen LogP contribution in [-0.2, 0) is 0 Å². The third-order valence-electron chi connectivity index (χ3n) is 5.33. The van der Waals surface area contributed by atoms with Gasteiger partial charge in [-0.15, -0.1) is 0 Å². The third-order valence-corrected chi connectivity index (χ3v) is 5.62. The molecule has 1 heterocycles. The van der Waals surface area contributed by atoms with E-state index in [-0.39, 0.29) is 12.3 Å². The Morgan fingerprint density at radius 1 is 1.23 bits per heavy atom. The first-order chi connectivity index (χ1) is 12.5. The molecule has 0 unspecified atom stereocenters. The van der Waals surface area contributed by atoms with Crippen molar-refractivity contribution >= 4 is 23.1 Å². The van der Waals surface area contributed by atoms with Crippen molar-refractivity contribution in [2.24, 2.45) is 0 Å². The Balaban J connectivity index is 1.71.